The van der Waals surface area contributed by atoms with Crippen molar-refractivity contribution < 1.29 is 17.9 Å². The number of carbonyl (C=O) groups is 1. The average molecular weight is 406 g/mol. The van der Waals surface area contributed by atoms with Crippen LogP contribution in [0, 0.1) is 0 Å². The van der Waals surface area contributed by atoms with Gasteiger partial charge in [-0.1, -0.05) is 13.8 Å². The second kappa shape index (κ2) is 10.1. The largest absolute Gasteiger partial charge is 0.494 e. The third-order valence-electron chi connectivity index (χ3n) is 4.10. The standard InChI is InChI=1S/C20H27N3O4S/c1-4-23(5-2)28(25,26)19-13-9-16(10-14-19)21-15-20(24)22-17-7-11-18(12-8-17)27-6-3/h7-14,21H,4-6,15H2,1-3H3,(H,22,24). The van der Waals surface area contributed by atoms with Crippen molar-refractivity contribution in [1.29, 1.82) is 0 Å². The van der Waals surface area contributed by atoms with Gasteiger partial charge in [0.25, 0.3) is 0 Å². The van der Waals surface area contributed by atoms with E-state index in [0.717, 1.165) is 5.75 Å². The van der Waals surface area contributed by atoms with Crippen LogP contribution in [-0.2, 0) is 14.8 Å². The molecule has 1 amide bonds. The van der Waals surface area contributed by atoms with E-state index in [4.69, 9.17) is 4.74 Å². The van der Waals surface area contributed by atoms with Crippen LogP contribution in [0.25, 0.3) is 0 Å². The molecule has 2 aromatic carbocycles. The molecule has 2 aromatic rings. The number of hydrogen-bond donors (Lipinski definition) is 2. The second-order valence-corrected chi connectivity index (χ2v) is 7.91. The molecule has 7 nitrogen and oxygen atoms in total. The number of nitrogens with zero attached hydrogens (tertiary/aromatic N) is 1. The summed E-state index contributed by atoms with van der Waals surface area (Å²) in [7, 11) is -3.48. The van der Waals surface area contributed by atoms with Crippen LogP contribution in [0.2, 0.25) is 0 Å². The number of nitrogens with one attached hydrogen (secondary N) is 2. The minimum atomic E-state index is -3.48. The predicted octanol–water partition coefficient (Wildman–Crippen LogP) is 3.17. The van der Waals surface area contributed by atoms with Gasteiger partial charge in [-0.05, 0) is 55.5 Å². The Morgan fingerprint density at radius 2 is 1.50 bits per heavy atom. The Labute approximate surface area is 166 Å². The molecule has 152 valence electrons. The van der Waals surface area contributed by atoms with Crippen LogP contribution >= 0.6 is 0 Å². The lowest BCUT2D eigenvalue weighted by Gasteiger charge is -2.18. The number of sulfonamides is 1. The molecule has 2 N–H and O–H groups in total. The van der Waals surface area contributed by atoms with E-state index in [1.54, 1.807) is 62.4 Å². The molecule has 0 heterocycles. The Kier molecular flexibility index (Phi) is 7.83. The van der Waals surface area contributed by atoms with Crippen molar-refractivity contribution in [2.24, 2.45) is 0 Å². The summed E-state index contributed by atoms with van der Waals surface area (Å²) in [6.45, 7) is 7.02. The maximum absolute atomic E-state index is 12.5. The number of ether oxygens (including phenoxy) is 1. The molecule has 28 heavy (non-hydrogen) atoms. The molecular formula is C20H27N3O4S. The molecule has 2 rings (SSSR count). The fraction of sp³-hybridized carbons (Fsp3) is 0.350. The predicted molar refractivity (Wildman–Crippen MR) is 111 cm³/mol. The molecule has 0 atom stereocenters. The van der Waals surface area contributed by atoms with Crippen LogP contribution in [0.15, 0.2) is 53.4 Å². The van der Waals surface area contributed by atoms with Crippen LogP contribution in [0.4, 0.5) is 11.4 Å². The van der Waals surface area contributed by atoms with Gasteiger partial charge in [0, 0.05) is 24.5 Å². The highest BCUT2D eigenvalue weighted by Gasteiger charge is 2.21. The molecule has 0 aromatic heterocycles. The van der Waals surface area contributed by atoms with Gasteiger partial charge in [-0.2, -0.15) is 4.31 Å². The van der Waals surface area contributed by atoms with E-state index in [-0.39, 0.29) is 17.3 Å². The van der Waals surface area contributed by atoms with Gasteiger partial charge in [-0.15, -0.1) is 0 Å². The van der Waals surface area contributed by atoms with Crippen LogP contribution in [0.3, 0.4) is 0 Å². The minimum Gasteiger partial charge on any atom is -0.494 e. The Morgan fingerprint density at radius 1 is 0.929 bits per heavy atom. The van der Waals surface area contributed by atoms with E-state index in [2.05, 4.69) is 10.6 Å². The second-order valence-electron chi connectivity index (χ2n) is 5.97. The quantitative estimate of drug-likeness (QED) is 0.634. The third kappa shape index (κ3) is 5.71. The zero-order valence-corrected chi connectivity index (χ0v) is 17.3. The Balaban J connectivity index is 1.91. The van der Waals surface area contributed by atoms with Gasteiger partial charge < -0.3 is 15.4 Å². The molecule has 0 radical (unpaired) electrons. The Bertz CT molecular complexity index is 861. The van der Waals surface area contributed by atoms with Crippen molar-refractivity contribution in [2.75, 3.05) is 36.9 Å². The minimum absolute atomic E-state index is 0.0648. The van der Waals surface area contributed by atoms with Crippen molar-refractivity contribution in [1.82, 2.24) is 4.31 Å². The van der Waals surface area contributed by atoms with Crippen LogP contribution < -0.4 is 15.4 Å². The topological polar surface area (TPSA) is 87.7 Å². The van der Waals surface area contributed by atoms with Crippen LogP contribution in [0.1, 0.15) is 20.8 Å². The SMILES string of the molecule is CCOc1ccc(NC(=O)CNc2ccc(S(=O)(=O)N(CC)CC)cc2)cc1. The molecule has 0 bridgehead atoms. The van der Waals surface area contributed by atoms with Gasteiger partial charge in [0.15, 0.2) is 0 Å². The average Bonchev–Trinajstić information content (AvgIpc) is 2.69. The zero-order chi connectivity index (χ0) is 20.6. The highest BCUT2D eigenvalue weighted by atomic mass is 32.2. The van der Waals surface area contributed by atoms with Gasteiger partial charge in [0.1, 0.15) is 5.75 Å². The number of amides is 1. The van der Waals surface area contributed by atoms with Crippen molar-refractivity contribution in [2.45, 2.75) is 25.7 Å². The fourth-order valence-corrected chi connectivity index (χ4v) is 4.10. The summed E-state index contributed by atoms with van der Waals surface area (Å²) in [6, 6.07) is 13.5. The monoisotopic (exact) mass is 405 g/mol. The highest BCUT2D eigenvalue weighted by molar-refractivity contribution is 7.89. The van der Waals surface area contributed by atoms with Gasteiger partial charge in [0.2, 0.25) is 15.9 Å². The molecule has 0 spiro atoms. The third-order valence-corrected chi connectivity index (χ3v) is 6.16. The summed E-state index contributed by atoms with van der Waals surface area (Å²) >= 11 is 0. The molecule has 0 fully saturated rings. The van der Waals surface area contributed by atoms with E-state index in [1.807, 2.05) is 6.92 Å². The lowest BCUT2D eigenvalue weighted by Crippen LogP contribution is -2.30. The van der Waals surface area contributed by atoms with E-state index in [0.29, 0.717) is 31.1 Å². The van der Waals surface area contributed by atoms with Crippen LogP contribution in [0.5, 0.6) is 5.75 Å². The first-order valence-electron chi connectivity index (χ1n) is 9.27. The smallest absolute Gasteiger partial charge is 0.243 e. The number of carbonyl (C=O) groups excluding carboxylic acids is 1. The molecule has 0 aliphatic heterocycles. The molecule has 0 unspecified atom stereocenters. The summed E-state index contributed by atoms with van der Waals surface area (Å²) in [5.41, 5.74) is 1.34. The lowest BCUT2D eigenvalue weighted by molar-refractivity contribution is -0.114. The molecule has 0 aliphatic rings. The first-order chi connectivity index (χ1) is 13.4. The Morgan fingerprint density at radius 3 is 2.04 bits per heavy atom. The maximum atomic E-state index is 12.5. The molecule has 0 aliphatic carbocycles. The number of anilines is 2. The first kappa shape index (κ1) is 21.7. The van der Waals surface area contributed by atoms with Gasteiger partial charge in [0.05, 0.1) is 18.0 Å². The van der Waals surface area contributed by atoms with Crippen molar-refractivity contribution in [3.05, 3.63) is 48.5 Å². The fourth-order valence-electron chi connectivity index (χ4n) is 2.65. The maximum Gasteiger partial charge on any atom is 0.243 e. The lowest BCUT2D eigenvalue weighted by atomic mass is 10.3. The molecular weight excluding hydrogens is 378 g/mol. The summed E-state index contributed by atoms with van der Waals surface area (Å²) in [6.07, 6.45) is 0. The summed E-state index contributed by atoms with van der Waals surface area (Å²) in [5, 5.41) is 5.77. The first-order valence-corrected chi connectivity index (χ1v) is 10.7. The number of rotatable bonds is 10. The van der Waals surface area contributed by atoms with E-state index >= 15 is 0 Å². The molecule has 8 heteroatoms. The summed E-state index contributed by atoms with van der Waals surface area (Å²) in [5.74, 6) is 0.544. The van der Waals surface area contributed by atoms with Crippen molar-refractivity contribution >= 4 is 27.3 Å². The van der Waals surface area contributed by atoms with Gasteiger partial charge in [-0.25, -0.2) is 8.42 Å². The molecule has 0 saturated carbocycles. The normalized spacial score (nSPS) is 11.3. The van der Waals surface area contributed by atoms with Gasteiger partial charge in [-0.3, -0.25) is 4.79 Å². The summed E-state index contributed by atoms with van der Waals surface area (Å²) in [4.78, 5) is 12.3. The number of benzene rings is 2. The van der Waals surface area contributed by atoms with E-state index < -0.39 is 10.0 Å². The molecule has 0 saturated heterocycles. The van der Waals surface area contributed by atoms with Crippen molar-refractivity contribution in [3.8, 4) is 5.75 Å². The van der Waals surface area contributed by atoms with E-state index in [9.17, 15) is 13.2 Å². The van der Waals surface area contributed by atoms with Crippen molar-refractivity contribution in [3.63, 3.8) is 0 Å². The highest BCUT2D eigenvalue weighted by Crippen LogP contribution is 2.18. The summed E-state index contributed by atoms with van der Waals surface area (Å²) < 4.78 is 31.7. The van der Waals surface area contributed by atoms with E-state index in [1.165, 1.54) is 4.31 Å². The zero-order valence-electron chi connectivity index (χ0n) is 16.4. The van der Waals surface area contributed by atoms with Crippen LogP contribution in [-0.4, -0.2) is 44.9 Å². The van der Waals surface area contributed by atoms with Gasteiger partial charge >= 0.3 is 0 Å². The Hall–Kier alpha value is -2.58. The number of hydrogen-bond acceptors (Lipinski definition) is 5.